The summed E-state index contributed by atoms with van der Waals surface area (Å²) in [6.45, 7) is 2.07. The summed E-state index contributed by atoms with van der Waals surface area (Å²) in [5.74, 6) is -0.489. The van der Waals surface area contributed by atoms with E-state index in [0.717, 1.165) is 31.4 Å². The molecule has 0 aliphatic carbocycles. The van der Waals surface area contributed by atoms with Gasteiger partial charge in [0.15, 0.2) is 0 Å². The van der Waals surface area contributed by atoms with Crippen LogP contribution in [-0.2, 0) is 0 Å². The van der Waals surface area contributed by atoms with Gasteiger partial charge in [0.2, 0.25) is 0 Å². The highest BCUT2D eigenvalue weighted by Crippen LogP contribution is 2.27. The second kappa shape index (κ2) is 8.00. The molecule has 6 heteroatoms. The number of benzene rings is 1. The molecule has 1 aromatic rings. The van der Waals surface area contributed by atoms with Crippen LogP contribution in [0.25, 0.3) is 0 Å². The molecule has 0 aliphatic heterocycles. The maximum atomic E-state index is 13.1. The fraction of sp³-hybridized carbons (Fsp3) is 0.500. The van der Waals surface area contributed by atoms with Crippen molar-refractivity contribution in [3.05, 3.63) is 39.7 Å². The van der Waals surface area contributed by atoms with Crippen molar-refractivity contribution in [2.75, 3.05) is 0 Å². The second-order valence-electron chi connectivity index (χ2n) is 4.06. The van der Waals surface area contributed by atoms with E-state index in [1.54, 1.807) is 0 Å². The van der Waals surface area contributed by atoms with Gasteiger partial charge in [-0.1, -0.05) is 26.2 Å². The van der Waals surface area contributed by atoms with Gasteiger partial charge in [-0.25, -0.2) is 4.39 Å². The zero-order valence-electron chi connectivity index (χ0n) is 10.3. The summed E-state index contributed by atoms with van der Waals surface area (Å²) in [4.78, 5) is 10.3. The third-order valence-corrected chi connectivity index (χ3v) is 2.70. The Hall–Kier alpha value is -1.20. The first-order valence-corrected chi connectivity index (χ1v) is 5.75. The molecule has 0 heterocycles. The van der Waals surface area contributed by atoms with Gasteiger partial charge in [-0.05, 0) is 18.6 Å². The highest BCUT2D eigenvalue weighted by Gasteiger charge is 2.19. The van der Waals surface area contributed by atoms with E-state index in [4.69, 9.17) is 5.73 Å². The zero-order valence-corrected chi connectivity index (χ0v) is 11.1. The van der Waals surface area contributed by atoms with Gasteiger partial charge >= 0.3 is 0 Å². The van der Waals surface area contributed by atoms with Gasteiger partial charge in [-0.2, -0.15) is 0 Å². The Labute approximate surface area is 112 Å². The molecule has 0 radical (unpaired) electrons. The van der Waals surface area contributed by atoms with E-state index in [-0.39, 0.29) is 23.7 Å². The van der Waals surface area contributed by atoms with Crippen LogP contribution < -0.4 is 5.73 Å². The smallest absolute Gasteiger partial charge is 0.274 e. The summed E-state index contributed by atoms with van der Waals surface area (Å²) in [7, 11) is 0. The molecule has 0 bridgehead atoms. The highest BCUT2D eigenvalue weighted by atomic mass is 35.5. The molecule has 0 saturated carbocycles. The standard InChI is InChI=1S/C12H17FN2O2.ClH/c1-2-3-4-5-11(14)10-8-9(13)6-7-12(10)15(16)17;/h6-8,11H,2-5,14H2,1H3;1H/t11-;/m0./s1. The van der Waals surface area contributed by atoms with Crippen LogP contribution in [0.1, 0.15) is 44.2 Å². The van der Waals surface area contributed by atoms with Crippen molar-refractivity contribution >= 4 is 18.1 Å². The number of nitro groups is 1. The van der Waals surface area contributed by atoms with Crippen LogP contribution in [0.3, 0.4) is 0 Å². The lowest BCUT2D eigenvalue weighted by molar-refractivity contribution is -0.385. The van der Waals surface area contributed by atoms with Crippen molar-refractivity contribution in [3.63, 3.8) is 0 Å². The predicted molar refractivity (Wildman–Crippen MR) is 71.4 cm³/mol. The number of unbranched alkanes of at least 4 members (excludes halogenated alkanes) is 2. The minimum atomic E-state index is -0.519. The Morgan fingerprint density at radius 3 is 2.67 bits per heavy atom. The number of nitro benzene ring substituents is 1. The molecule has 102 valence electrons. The molecule has 18 heavy (non-hydrogen) atoms. The van der Waals surface area contributed by atoms with Gasteiger partial charge in [0.1, 0.15) is 5.82 Å². The molecule has 4 nitrogen and oxygen atoms in total. The van der Waals surface area contributed by atoms with Crippen molar-refractivity contribution < 1.29 is 9.31 Å². The summed E-state index contributed by atoms with van der Waals surface area (Å²) < 4.78 is 13.1. The maximum Gasteiger partial charge on any atom is 0.274 e. The Morgan fingerprint density at radius 1 is 1.44 bits per heavy atom. The SMILES string of the molecule is CCCCC[C@H](N)c1cc(F)ccc1[N+](=O)[O-].Cl. The number of halogens is 2. The Morgan fingerprint density at radius 2 is 2.11 bits per heavy atom. The number of nitrogens with zero attached hydrogens (tertiary/aromatic N) is 1. The molecule has 0 unspecified atom stereocenters. The van der Waals surface area contributed by atoms with Crippen molar-refractivity contribution in [3.8, 4) is 0 Å². The Bertz CT molecular complexity index is 402. The van der Waals surface area contributed by atoms with Crippen LogP contribution in [-0.4, -0.2) is 4.92 Å². The summed E-state index contributed by atoms with van der Waals surface area (Å²) in [5.41, 5.74) is 6.05. The molecule has 1 aromatic carbocycles. The first kappa shape index (κ1) is 16.8. The molecule has 1 atom stereocenters. The number of hydrogen-bond donors (Lipinski definition) is 1. The fourth-order valence-electron chi connectivity index (χ4n) is 1.76. The third-order valence-electron chi connectivity index (χ3n) is 2.70. The lowest BCUT2D eigenvalue weighted by Crippen LogP contribution is -2.12. The Balaban J connectivity index is 0.00000289. The first-order valence-electron chi connectivity index (χ1n) is 5.75. The molecule has 0 saturated heterocycles. The Kier molecular flexibility index (Phi) is 7.47. The van der Waals surface area contributed by atoms with Crippen molar-refractivity contribution in [2.45, 2.75) is 38.6 Å². The van der Waals surface area contributed by atoms with E-state index in [2.05, 4.69) is 6.92 Å². The molecule has 0 aromatic heterocycles. The monoisotopic (exact) mass is 276 g/mol. The van der Waals surface area contributed by atoms with E-state index in [0.29, 0.717) is 6.42 Å². The highest BCUT2D eigenvalue weighted by molar-refractivity contribution is 5.85. The van der Waals surface area contributed by atoms with Gasteiger partial charge in [0.25, 0.3) is 5.69 Å². The molecule has 0 aliphatic rings. The van der Waals surface area contributed by atoms with Crippen LogP contribution in [0.2, 0.25) is 0 Å². The van der Waals surface area contributed by atoms with Crippen LogP contribution in [0.5, 0.6) is 0 Å². The quantitative estimate of drug-likeness (QED) is 0.489. The van der Waals surface area contributed by atoms with Gasteiger partial charge in [-0.15, -0.1) is 12.4 Å². The lowest BCUT2D eigenvalue weighted by atomic mass is 9.99. The fourth-order valence-corrected chi connectivity index (χ4v) is 1.76. The maximum absolute atomic E-state index is 13.1. The van der Waals surface area contributed by atoms with Gasteiger partial charge in [0.05, 0.1) is 4.92 Å². The average molecular weight is 277 g/mol. The van der Waals surface area contributed by atoms with Crippen molar-refractivity contribution in [2.24, 2.45) is 5.73 Å². The predicted octanol–water partition coefficient (Wildman–Crippen LogP) is 3.74. The number of hydrogen-bond acceptors (Lipinski definition) is 3. The number of nitrogens with two attached hydrogens (primary N) is 1. The summed E-state index contributed by atoms with van der Waals surface area (Å²) >= 11 is 0. The van der Waals surface area contributed by atoms with E-state index in [1.165, 1.54) is 6.07 Å². The molecule has 2 N–H and O–H groups in total. The zero-order chi connectivity index (χ0) is 12.8. The third kappa shape index (κ3) is 4.58. The van der Waals surface area contributed by atoms with Crippen LogP contribution >= 0.6 is 12.4 Å². The van der Waals surface area contributed by atoms with Gasteiger partial charge < -0.3 is 5.73 Å². The van der Waals surface area contributed by atoms with Crippen molar-refractivity contribution in [1.29, 1.82) is 0 Å². The normalized spacial score (nSPS) is 11.7. The van der Waals surface area contributed by atoms with Gasteiger partial charge in [-0.3, -0.25) is 10.1 Å². The summed E-state index contributed by atoms with van der Waals surface area (Å²) in [6.07, 6.45) is 3.61. The molecule has 0 amide bonds. The van der Waals surface area contributed by atoms with Gasteiger partial charge in [0, 0.05) is 17.7 Å². The second-order valence-corrected chi connectivity index (χ2v) is 4.06. The largest absolute Gasteiger partial charge is 0.324 e. The van der Waals surface area contributed by atoms with E-state index in [1.807, 2.05) is 0 Å². The lowest BCUT2D eigenvalue weighted by Gasteiger charge is -2.12. The van der Waals surface area contributed by atoms with Crippen LogP contribution in [0, 0.1) is 15.9 Å². The molecule has 1 rings (SSSR count). The molecular formula is C12H18ClFN2O2. The number of rotatable bonds is 6. The first-order chi connectivity index (χ1) is 8.06. The molecule has 0 spiro atoms. The summed E-state index contributed by atoms with van der Waals surface area (Å²) in [6, 6.07) is 2.94. The van der Waals surface area contributed by atoms with E-state index < -0.39 is 16.8 Å². The van der Waals surface area contributed by atoms with Crippen LogP contribution in [0.4, 0.5) is 10.1 Å². The van der Waals surface area contributed by atoms with E-state index in [9.17, 15) is 14.5 Å². The van der Waals surface area contributed by atoms with E-state index >= 15 is 0 Å². The molecular weight excluding hydrogens is 259 g/mol. The summed E-state index contributed by atoms with van der Waals surface area (Å²) in [5, 5.41) is 10.8. The topological polar surface area (TPSA) is 69.2 Å². The van der Waals surface area contributed by atoms with Crippen LogP contribution in [0.15, 0.2) is 18.2 Å². The minimum Gasteiger partial charge on any atom is -0.324 e. The minimum absolute atomic E-state index is 0. The average Bonchev–Trinajstić information content (AvgIpc) is 2.28. The molecule has 0 fully saturated rings. The van der Waals surface area contributed by atoms with Crippen molar-refractivity contribution in [1.82, 2.24) is 0 Å².